The fraction of sp³-hybridized carbons (Fsp3) is 0.429. The van der Waals surface area contributed by atoms with Gasteiger partial charge in [0.2, 0.25) is 0 Å². The third-order valence-electron chi connectivity index (χ3n) is 3.09. The number of nitrogens with one attached hydrogen (secondary N) is 1. The predicted octanol–water partition coefficient (Wildman–Crippen LogP) is 2.45. The van der Waals surface area contributed by atoms with Crippen molar-refractivity contribution in [3.05, 3.63) is 46.3 Å². The Morgan fingerprint density at radius 3 is 2.95 bits per heavy atom. The van der Waals surface area contributed by atoms with Crippen molar-refractivity contribution in [2.24, 2.45) is 0 Å². The lowest BCUT2D eigenvalue weighted by atomic mass is 10.1. The van der Waals surface area contributed by atoms with Gasteiger partial charge in [0.05, 0.1) is 30.9 Å². The second-order valence-corrected chi connectivity index (χ2v) is 4.90. The molecule has 1 heterocycles. The van der Waals surface area contributed by atoms with E-state index in [9.17, 15) is 9.50 Å². The van der Waals surface area contributed by atoms with Crippen molar-refractivity contribution in [2.75, 3.05) is 26.4 Å². The number of halogens is 2. The van der Waals surface area contributed by atoms with Crippen LogP contribution in [-0.2, 0) is 4.74 Å². The van der Waals surface area contributed by atoms with Crippen molar-refractivity contribution in [1.82, 2.24) is 5.32 Å². The average Bonchev–Trinajstić information content (AvgIpc) is 2.44. The molecule has 0 amide bonds. The standard InChI is InChI=1S/C14H17ClFNO2/c15-12-4-3-11(6-13(12)16)14(8-18)17-7-10-2-1-5-19-9-10/h2-4,6,14,17-18H,1,5,7-9H2. The highest BCUT2D eigenvalue weighted by atomic mass is 35.5. The van der Waals surface area contributed by atoms with Crippen molar-refractivity contribution in [1.29, 1.82) is 0 Å². The average molecular weight is 286 g/mol. The van der Waals surface area contributed by atoms with E-state index in [-0.39, 0.29) is 17.7 Å². The largest absolute Gasteiger partial charge is 0.394 e. The molecule has 0 fully saturated rings. The van der Waals surface area contributed by atoms with Gasteiger partial charge in [-0.05, 0) is 29.7 Å². The molecule has 1 atom stereocenters. The number of hydrogen-bond donors (Lipinski definition) is 2. The van der Waals surface area contributed by atoms with Gasteiger partial charge in [-0.15, -0.1) is 0 Å². The molecule has 2 N–H and O–H groups in total. The molecule has 0 aromatic heterocycles. The second kappa shape index (κ2) is 7.01. The Morgan fingerprint density at radius 2 is 2.32 bits per heavy atom. The van der Waals surface area contributed by atoms with Crippen molar-refractivity contribution in [2.45, 2.75) is 12.5 Å². The molecular formula is C14H17ClFNO2. The first-order valence-electron chi connectivity index (χ1n) is 6.25. The molecule has 0 bridgehead atoms. The van der Waals surface area contributed by atoms with Crippen LogP contribution >= 0.6 is 11.6 Å². The molecule has 0 radical (unpaired) electrons. The quantitative estimate of drug-likeness (QED) is 0.817. The summed E-state index contributed by atoms with van der Waals surface area (Å²) in [6.45, 7) is 1.89. The van der Waals surface area contributed by atoms with E-state index >= 15 is 0 Å². The first-order chi connectivity index (χ1) is 9.20. The lowest BCUT2D eigenvalue weighted by Gasteiger charge is -2.20. The first-order valence-corrected chi connectivity index (χ1v) is 6.63. The van der Waals surface area contributed by atoms with Crippen molar-refractivity contribution < 1.29 is 14.2 Å². The first kappa shape index (κ1) is 14.5. The van der Waals surface area contributed by atoms with Gasteiger partial charge in [-0.25, -0.2) is 4.39 Å². The van der Waals surface area contributed by atoms with E-state index in [1.54, 1.807) is 6.07 Å². The molecule has 0 saturated heterocycles. The highest BCUT2D eigenvalue weighted by molar-refractivity contribution is 6.30. The summed E-state index contributed by atoms with van der Waals surface area (Å²) in [5.74, 6) is -0.473. The summed E-state index contributed by atoms with van der Waals surface area (Å²) in [6.07, 6.45) is 3.05. The zero-order valence-electron chi connectivity index (χ0n) is 10.5. The minimum Gasteiger partial charge on any atom is -0.394 e. The van der Waals surface area contributed by atoms with Crippen LogP contribution < -0.4 is 5.32 Å². The number of benzene rings is 1. The van der Waals surface area contributed by atoms with Gasteiger partial charge in [0, 0.05) is 6.54 Å². The third kappa shape index (κ3) is 4.01. The predicted molar refractivity (Wildman–Crippen MR) is 72.8 cm³/mol. The molecule has 1 aromatic carbocycles. The van der Waals surface area contributed by atoms with Crippen LogP contribution in [-0.4, -0.2) is 31.5 Å². The molecule has 0 spiro atoms. The molecule has 3 nitrogen and oxygen atoms in total. The number of ether oxygens (including phenoxy) is 1. The molecule has 1 unspecified atom stereocenters. The Kier molecular flexibility index (Phi) is 5.34. The van der Waals surface area contributed by atoms with Crippen LogP contribution in [0.5, 0.6) is 0 Å². The Morgan fingerprint density at radius 1 is 1.47 bits per heavy atom. The normalized spacial score (nSPS) is 17.1. The van der Waals surface area contributed by atoms with Gasteiger partial charge >= 0.3 is 0 Å². The Hall–Kier alpha value is -0.940. The zero-order valence-corrected chi connectivity index (χ0v) is 11.3. The molecule has 0 saturated carbocycles. The summed E-state index contributed by atoms with van der Waals surface area (Å²) in [6, 6.07) is 4.25. The topological polar surface area (TPSA) is 41.5 Å². The highest BCUT2D eigenvalue weighted by Gasteiger charge is 2.13. The molecule has 1 aliphatic heterocycles. The van der Waals surface area contributed by atoms with E-state index in [0.29, 0.717) is 18.7 Å². The van der Waals surface area contributed by atoms with E-state index in [1.165, 1.54) is 12.1 Å². The number of rotatable bonds is 5. The van der Waals surface area contributed by atoms with E-state index in [4.69, 9.17) is 16.3 Å². The van der Waals surface area contributed by atoms with Crippen molar-refractivity contribution in [3.8, 4) is 0 Å². The fourth-order valence-corrected chi connectivity index (χ4v) is 2.12. The van der Waals surface area contributed by atoms with E-state index in [0.717, 1.165) is 18.6 Å². The van der Waals surface area contributed by atoms with Gasteiger partial charge in [-0.3, -0.25) is 0 Å². The maximum atomic E-state index is 13.4. The molecule has 19 heavy (non-hydrogen) atoms. The smallest absolute Gasteiger partial charge is 0.142 e. The van der Waals surface area contributed by atoms with Gasteiger partial charge < -0.3 is 15.2 Å². The number of hydrogen-bond acceptors (Lipinski definition) is 3. The molecule has 1 aliphatic rings. The van der Waals surface area contributed by atoms with Gasteiger partial charge in [-0.2, -0.15) is 0 Å². The number of aliphatic hydroxyl groups excluding tert-OH is 1. The molecular weight excluding hydrogens is 269 g/mol. The van der Waals surface area contributed by atoms with E-state index in [1.807, 2.05) is 0 Å². The summed E-state index contributed by atoms with van der Waals surface area (Å²) in [5.41, 5.74) is 1.83. The van der Waals surface area contributed by atoms with Crippen LogP contribution in [0, 0.1) is 5.82 Å². The summed E-state index contributed by atoms with van der Waals surface area (Å²) >= 11 is 5.64. The molecule has 2 rings (SSSR count). The Labute approximate surface area is 117 Å². The SMILES string of the molecule is OCC(NCC1=CCCOC1)c1ccc(Cl)c(F)c1. The maximum Gasteiger partial charge on any atom is 0.142 e. The Bertz CT molecular complexity index is 465. The fourth-order valence-electron chi connectivity index (χ4n) is 2.00. The summed E-state index contributed by atoms with van der Waals surface area (Å²) < 4.78 is 18.7. The Balaban J connectivity index is 1.99. The minimum absolute atomic E-state index is 0.0869. The van der Waals surface area contributed by atoms with E-state index in [2.05, 4.69) is 11.4 Å². The minimum atomic E-state index is -0.473. The third-order valence-corrected chi connectivity index (χ3v) is 3.39. The van der Waals surface area contributed by atoms with Crippen LogP contribution in [0.4, 0.5) is 4.39 Å². The van der Waals surface area contributed by atoms with Gasteiger partial charge in [0.1, 0.15) is 5.82 Å². The van der Waals surface area contributed by atoms with E-state index < -0.39 is 5.82 Å². The van der Waals surface area contributed by atoms with Crippen molar-refractivity contribution in [3.63, 3.8) is 0 Å². The van der Waals surface area contributed by atoms with Crippen LogP contribution in [0.25, 0.3) is 0 Å². The van der Waals surface area contributed by atoms with Crippen LogP contribution in [0.3, 0.4) is 0 Å². The van der Waals surface area contributed by atoms with Gasteiger partial charge in [-0.1, -0.05) is 23.7 Å². The lowest BCUT2D eigenvalue weighted by molar-refractivity contribution is 0.147. The molecule has 0 aliphatic carbocycles. The zero-order chi connectivity index (χ0) is 13.7. The summed E-state index contributed by atoms with van der Waals surface area (Å²) in [4.78, 5) is 0. The van der Waals surface area contributed by atoms with Crippen LogP contribution in [0.1, 0.15) is 18.0 Å². The van der Waals surface area contributed by atoms with Gasteiger partial charge in [0.25, 0.3) is 0 Å². The lowest BCUT2D eigenvalue weighted by Crippen LogP contribution is -2.28. The molecule has 5 heteroatoms. The van der Waals surface area contributed by atoms with Crippen LogP contribution in [0.2, 0.25) is 5.02 Å². The highest BCUT2D eigenvalue weighted by Crippen LogP contribution is 2.20. The summed E-state index contributed by atoms with van der Waals surface area (Å²) in [7, 11) is 0. The monoisotopic (exact) mass is 285 g/mol. The number of aliphatic hydroxyl groups is 1. The van der Waals surface area contributed by atoms with Crippen LogP contribution in [0.15, 0.2) is 29.8 Å². The maximum absolute atomic E-state index is 13.4. The summed E-state index contributed by atoms with van der Waals surface area (Å²) in [5, 5.41) is 12.7. The molecule has 104 valence electrons. The molecule has 1 aromatic rings. The van der Waals surface area contributed by atoms with Crippen molar-refractivity contribution >= 4 is 11.6 Å². The second-order valence-electron chi connectivity index (χ2n) is 4.49. The van der Waals surface area contributed by atoms with Gasteiger partial charge in [0.15, 0.2) is 0 Å².